The number of anilines is 1. The number of piperidine rings is 1. The van der Waals surface area contributed by atoms with E-state index in [0.717, 1.165) is 64.6 Å². The highest BCUT2D eigenvalue weighted by molar-refractivity contribution is 9.11. The van der Waals surface area contributed by atoms with Gasteiger partial charge < -0.3 is 16.5 Å². The lowest BCUT2D eigenvalue weighted by molar-refractivity contribution is 0.102. The van der Waals surface area contributed by atoms with Crippen LogP contribution in [0.15, 0.2) is 39.9 Å². The lowest BCUT2D eigenvalue weighted by Gasteiger charge is -2.43. The molecule has 1 aromatic heterocycles. The Morgan fingerprint density at radius 2 is 1.97 bits per heavy atom. The van der Waals surface area contributed by atoms with E-state index in [-0.39, 0.29) is 17.2 Å². The number of nitrogen functional groups attached to an aromatic ring is 1. The van der Waals surface area contributed by atoms with Crippen LogP contribution in [-0.2, 0) is 5.41 Å². The molecule has 0 saturated carbocycles. The van der Waals surface area contributed by atoms with Crippen LogP contribution in [0.4, 0.5) is 5.69 Å². The SMILES string of the molecule is CC1(C)C2=C(C=C(Br)C(N3CCC(N)CC3)C2)C(=O)c2c1[nH]c1cc(N)ccc21. The molecule has 1 unspecified atom stereocenters. The molecular weight excluding hydrogens is 428 g/mol. The van der Waals surface area contributed by atoms with Gasteiger partial charge in [0.2, 0.25) is 0 Å². The summed E-state index contributed by atoms with van der Waals surface area (Å²) < 4.78 is 1.10. The predicted molar refractivity (Wildman–Crippen MR) is 121 cm³/mol. The Morgan fingerprint density at radius 3 is 2.69 bits per heavy atom. The third kappa shape index (κ3) is 2.84. The van der Waals surface area contributed by atoms with Crippen LogP contribution in [0.25, 0.3) is 10.9 Å². The molecule has 2 aromatic rings. The number of hydrogen-bond acceptors (Lipinski definition) is 4. The van der Waals surface area contributed by atoms with Gasteiger partial charge in [0, 0.05) is 62.9 Å². The third-order valence-corrected chi connectivity index (χ3v) is 7.77. The highest BCUT2D eigenvalue weighted by atomic mass is 79.9. The van der Waals surface area contributed by atoms with Crippen LogP contribution in [0.5, 0.6) is 0 Å². The molecule has 5 rings (SSSR count). The fraction of sp³-hybridized carbons (Fsp3) is 0.435. The standard InChI is InChI=1S/C23H27BrN4O/c1-23(2)16-11-19(28-7-5-12(25)6-8-28)17(24)10-15(16)21(29)20-14-4-3-13(26)9-18(14)27-22(20)23/h3-4,9-10,12,19,27H,5-8,11,25-26H2,1-2H3. The first-order valence-electron chi connectivity index (χ1n) is 10.3. The van der Waals surface area contributed by atoms with Crippen molar-refractivity contribution in [1.29, 1.82) is 0 Å². The molecule has 1 saturated heterocycles. The Bertz CT molecular complexity index is 1090. The van der Waals surface area contributed by atoms with Crippen LogP contribution in [-0.4, -0.2) is 40.8 Å². The maximum atomic E-state index is 13.6. The Hall–Kier alpha value is -1.89. The second kappa shape index (κ2) is 6.56. The van der Waals surface area contributed by atoms with Crippen LogP contribution < -0.4 is 11.5 Å². The number of aromatic nitrogens is 1. The van der Waals surface area contributed by atoms with Crippen molar-refractivity contribution in [3.63, 3.8) is 0 Å². The zero-order valence-corrected chi connectivity index (χ0v) is 18.5. The number of rotatable bonds is 1. The lowest BCUT2D eigenvalue weighted by Crippen LogP contribution is -2.47. The summed E-state index contributed by atoms with van der Waals surface area (Å²) in [6.45, 7) is 6.45. The minimum absolute atomic E-state index is 0.112. The molecule has 0 spiro atoms. The summed E-state index contributed by atoms with van der Waals surface area (Å²) in [4.78, 5) is 19.6. The monoisotopic (exact) mass is 454 g/mol. The smallest absolute Gasteiger partial charge is 0.195 e. The highest BCUT2D eigenvalue weighted by Crippen LogP contribution is 2.49. The first-order chi connectivity index (χ1) is 13.8. The summed E-state index contributed by atoms with van der Waals surface area (Å²) in [5.41, 5.74) is 17.3. The van der Waals surface area contributed by atoms with E-state index in [1.807, 2.05) is 18.2 Å². The number of halogens is 1. The fourth-order valence-corrected chi connectivity index (χ4v) is 5.94. The molecule has 0 radical (unpaired) electrons. The molecule has 3 aliphatic rings. The van der Waals surface area contributed by atoms with E-state index in [4.69, 9.17) is 11.5 Å². The maximum Gasteiger partial charge on any atom is 0.195 e. The molecule has 1 aromatic carbocycles. The zero-order valence-electron chi connectivity index (χ0n) is 16.9. The maximum absolute atomic E-state index is 13.6. The normalized spacial score (nSPS) is 25.2. The van der Waals surface area contributed by atoms with Crippen LogP contribution >= 0.6 is 15.9 Å². The van der Waals surface area contributed by atoms with Crippen LogP contribution in [0.3, 0.4) is 0 Å². The number of likely N-dealkylation sites (tertiary alicyclic amines) is 1. The number of hydrogen-bond donors (Lipinski definition) is 3. The van der Waals surface area contributed by atoms with E-state index in [1.54, 1.807) is 0 Å². The molecule has 29 heavy (non-hydrogen) atoms. The number of carbonyl (C=O) groups excluding carboxylic acids is 1. The van der Waals surface area contributed by atoms with Gasteiger partial charge in [-0.05, 0) is 43.0 Å². The van der Waals surface area contributed by atoms with E-state index in [1.165, 1.54) is 5.57 Å². The van der Waals surface area contributed by atoms with E-state index >= 15 is 0 Å². The van der Waals surface area contributed by atoms with Gasteiger partial charge in [0.1, 0.15) is 0 Å². The number of allylic oxidation sites excluding steroid dienone is 2. The first kappa shape index (κ1) is 19.1. The number of Topliss-reactive ketones (excluding diaryl/α,β-unsaturated/α-hetero) is 1. The number of nitrogens with two attached hydrogens (primary N) is 2. The van der Waals surface area contributed by atoms with Crippen LogP contribution in [0.2, 0.25) is 0 Å². The quantitative estimate of drug-likeness (QED) is 0.568. The zero-order chi connectivity index (χ0) is 20.5. The average molecular weight is 455 g/mol. The molecule has 1 atom stereocenters. The number of nitrogens with one attached hydrogen (secondary N) is 1. The summed E-state index contributed by atoms with van der Waals surface area (Å²) in [6, 6.07) is 6.32. The Morgan fingerprint density at radius 1 is 1.24 bits per heavy atom. The van der Waals surface area contributed by atoms with Crippen molar-refractivity contribution < 1.29 is 4.79 Å². The van der Waals surface area contributed by atoms with Gasteiger partial charge >= 0.3 is 0 Å². The number of ketones is 1. The minimum atomic E-state index is -0.249. The second-order valence-electron chi connectivity index (χ2n) is 9.15. The molecule has 2 aliphatic carbocycles. The number of carbonyl (C=O) groups is 1. The number of fused-ring (bicyclic) bond motifs is 3. The molecule has 5 nitrogen and oxygen atoms in total. The molecular formula is C23H27BrN4O. The van der Waals surface area contributed by atoms with Gasteiger partial charge in [-0.15, -0.1) is 0 Å². The number of nitrogens with zero attached hydrogens (tertiary/aromatic N) is 1. The van der Waals surface area contributed by atoms with Crippen LogP contribution in [0.1, 0.15) is 49.2 Å². The molecule has 0 amide bonds. The molecule has 1 fully saturated rings. The van der Waals surface area contributed by atoms with Gasteiger partial charge in [0.05, 0.1) is 5.56 Å². The summed E-state index contributed by atoms with van der Waals surface area (Å²) in [5.74, 6) is 0.112. The fourth-order valence-electron chi connectivity index (χ4n) is 5.26. The first-order valence-corrected chi connectivity index (χ1v) is 11.1. The van der Waals surface area contributed by atoms with Crippen molar-refractivity contribution in [3.8, 4) is 0 Å². The third-order valence-electron chi connectivity index (χ3n) is 7.01. The van der Waals surface area contributed by atoms with Crippen molar-refractivity contribution in [1.82, 2.24) is 9.88 Å². The molecule has 152 valence electrons. The van der Waals surface area contributed by atoms with Gasteiger partial charge in [-0.2, -0.15) is 0 Å². The summed E-state index contributed by atoms with van der Waals surface area (Å²) >= 11 is 3.80. The number of aromatic amines is 1. The number of H-pyrrole nitrogens is 1. The average Bonchev–Trinajstić information content (AvgIpc) is 3.06. The van der Waals surface area contributed by atoms with Crippen molar-refractivity contribution in [3.05, 3.63) is 51.2 Å². The summed E-state index contributed by atoms with van der Waals surface area (Å²) in [5, 5.41) is 0.954. The Balaban J connectivity index is 1.59. The number of benzene rings is 1. The van der Waals surface area contributed by atoms with Crippen molar-refractivity contribution in [2.24, 2.45) is 5.73 Å². The molecule has 2 heterocycles. The second-order valence-corrected chi connectivity index (χ2v) is 10.1. The van der Waals surface area contributed by atoms with Gasteiger partial charge in [-0.3, -0.25) is 9.69 Å². The summed E-state index contributed by atoms with van der Waals surface area (Å²) in [7, 11) is 0. The molecule has 0 bridgehead atoms. The lowest BCUT2D eigenvalue weighted by atomic mass is 9.67. The van der Waals surface area contributed by atoms with E-state index in [9.17, 15) is 4.79 Å². The van der Waals surface area contributed by atoms with Crippen LogP contribution in [0, 0.1) is 0 Å². The summed E-state index contributed by atoms with van der Waals surface area (Å²) in [6.07, 6.45) is 4.98. The van der Waals surface area contributed by atoms with E-state index < -0.39 is 0 Å². The van der Waals surface area contributed by atoms with Crippen molar-refractivity contribution >= 4 is 38.3 Å². The topological polar surface area (TPSA) is 88.1 Å². The molecule has 5 N–H and O–H groups in total. The van der Waals surface area contributed by atoms with Gasteiger partial charge in [0.15, 0.2) is 5.78 Å². The van der Waals surface area contributed by atoms with Gasteiger partial charge in [0.25, 0.3) is 0 Å². The predicted octanol–water partition coefficient (Wildman–Crippen LogP) is 3.99. The van der Waals surface area contributed by atoms with Gasteiger partial charge in [-0.1, -0.05) is 35.8 Å². The molecule has 6 heteroatoms. The Labute approximate surface area is 179 Å². The molecule has 1 aliphatic heterocycles. The van der Waals surface area contributed by atoms with Crippen molar-refractivity contribution in [2.45, 2.75) is 50.6 Å². The Kier molecular flexibility index (Phi) is 4.32. The van der Waals surface area contributed by atoms with E-state index in [0.29, 0.717) is 11.7 Å². The highest BCUT2D eigenvalue weighted by Gasteiger charge is 2.44. The van der Waals surface area contributed by atoms with Crippen molar-refractivity contribution in [2.75, 3.05) is 18.8 Å². The van der Waals surface area contributed by atoms with E-state index in [2.05, 4.69) is 45.7 Å². The minimum Gasteiger partial charge on any atom is -0.399 e. The van der Waals surface area contributed by atoms with Gasteiger partial charge in [-0.25, -0.2) is 0 Å². The largest absolute Gasteiger partial charge is 0.399 e.